The second-order valence-electron chi connectivity index (χ2n) is 6.60. The molecule has 4 heterocycles. The van der Waals surface area contributed by atoms with Crippen molar-refractivity contribution in [2.75, 3.05) is 42.9 Å². The summed E-state index contributed by atoms with van der Waals surface area (Å²) in [5.41, 5.74) is 2.77. The van der Waals surface area contributed by atoms with Crippen LogP contribution in [0.2, 0.25) is 0 Å². The average molecular weight is 271 g/mol. The Labute approximate surface area is 121 Å². The molecule has 4 aliphatic rings. The van der Waals surface area contributed by atoms with Crippen molar-refractivity contribution in [3.8, 4) is 0 Å². The molecule has 0 saturated carbocycles. The third kappa shape index (κ3) is 2.28. The fraction of sp³-hybridized carbons (Fsp3) is 0.647. The van der Waals surface area contributed by atoms with E-state index in [1.165, 1.54) is 69.8 Å². The van der Waals surface area contributed by atoms with E-state index in [0.29, 0.717) is 6.04 Å². The van der Waals surface area contributed by atoms with Crippen LogP contribution in [0.4, 0.5) is 11.4 Å². The van der Waals surface area contributed by atoms with Gasteiger partial charge >= 0.3 is 0 Å². The monoisotopic (exact) mass is 271 g/mol. The van der Waals surface area contributed by atoms with E-state index in [-0.39, 0.29) is 0 Å². The third-order valence-electron chi connectivity index (χ3n) is 5.35. The van der Waals surface area contributed by atoms with E-state index in [1.54, 1.807) is 0 Å². The molecule has 0 aromatic heterocycles. The van der Waals surface area contributed by atoms with E-state index in [2.05, 4.69) is 39.4 Å². The highest BCUT2D eigenvalue weighted by Crippen LogP contribution is 2.34. The molecular weight excluding hydrogens is 246 g/mol. The van der Waals surface area contributed by atoms with Gasteiger partial charge in [0.25, 0.3) is 0 Å². The molecule has 1 atom stereocenters. The molecule has 4 fully saturated rings. The molecule has 108 valence electrons. The first-order chi connectivity index (χ1) is 9.90. The van der Waals surface area contributed by atoms with Crippen LogP contribution in [0.3, 0.4) is 0 Å². The molecule has 0 amide bonds. The highest BCUT2D eigenvalue weighted by atomic mass is 15.2. The first kappa shape index (κ1) is 12.5. The highest BCUT2D eigenvalue weighted by molar-refractivity contribution is 5.70. The van der Waals surface area contributed by atoms with Gasteiger partial charge in [-0.05, 0) is 56.8 Å². The number of piperidine rings is 3. The van der Waals surface area contributed by atoms with Crippen LogP contribution >= 0.6 is 0 Å². The van der Waals surface area contributed by atoms with Crippen molar-refractivity contribution in [2.45, 2.75) is 31.7 Å². The van der Waals surface area contributed by atoms with Gasteiger partial charge in [0.15, 0.2) is 0 Å². The summed E-state index contributed by atoms with van der Waals surface area (Å²) >= 11 is 0. The molecule has 20 heavy (non-hydrogen) atoms. The minimum Gasteiger partial charge on any atom is -0.379 e. The summed E-state index contributed by atoms with van der Waals surface area (Å²) < 4.78 is 0. The number of nitrogens with zero attached hydrogens (tertiary/aromatic N) is 2. The van der Waals surface area contributed by atoms with Gasteiger partial charge in [-0.15, -0.1) is 0 Å². The number of hydrogen-bond donors (Lipinski definition) is 1. The largest absolute Gasteiger partial charge is 0.379 e. The fourth-order valence-corrected chi connectivity index (χ4v) is 4.16. The van der Waals surface area contributed by atoms with E-state index in [9.17, 15) is 0 Å². The summed E-state index contributed by atoms with van der Waals surface area (Å²) in [6.07, 6.45) is 5.44. The Morgan fingerprint density at radius 3 is 2.40 bits per heavy atom. The third-order valence-corrected chi connectivity index (χ3v) is 5.35. The smallest absolute Gasteiger partial charge is 0.0602 e. The number of para-hydroxylation sites is 2. The number of hydrogen-bond acceptors (Lipinski definition) is 3. The Morgan fingerprint density at radius 1 is 0.950 bits per heavy atom. The predicted octanol–water partition coefficient (Wildman–Crippen LogP) is 2.79. The van der Waals surface area contributed by atoms with Crippen LogP contribution in [-0.2, 0) is 0 Å². The molecular formula is C17H25N3. The lowest BCUT2D eigenvalue weighted by atomic mass is 9.84. The molecule has 1 N–H and O–H groups in total. The quantitative estimate of drug-likeness (QED) is 0.912. The highest BCUT2D eigenvalue weighted by Gasteiger charge is 2.34. The van der Waals surface area contributed by atoms with Crippen molar-refractivity contribution >= 4 is 11.4 Å². The van der Waals surface area contributed by atoms with Gasteiger partial charge in [-0.3, -0.25) is 0 Å². The first-order valence-corrected chi connectivity index (χ1v) is 8.23. The normalized spacial score (nSPS) is 32.6. The Bertz CT molecular complexity index is 459. The Morgan fingerprint density at radius 2 is 1.70 bits per heavy atom. The summed E-state index contributed by atoms with van der Waals surface area (Å²) in [7, 11) is 0. The molecule has 4 saturated heterocycles. The summed E-state index contributed by atoms with van der Waals surface area (Å²) in [4.78, 5) is 5.17. The van der Waals surface area contributed by atoms with E-state index in [1.807, 2.05) is 0 Å². The summed E-state index contributed by atoms with van der Waals surface area (Å²) in [6.45, 7) is 6.31. The van der Waals surface area contributed by atoms with E-state index < -0.39 is 0 Å². The zero-order valence-electron chi connectivity index (χ0n) is 12.2. The lowest BCUT2D eigenvalue weighted by Crippen LogP contribution is -2.53. The van der Waals surface area contributed by atoms with Crippen LogP contribution in [-0.4, -0.2) is 43.7 Å². The van der Waals surface area contributed by atoms with Gasteiger partial charge in [0.05, 0.1) is 11.4 Å². The number of benzene rings is 1. The van der Waals surface area contributed by atoms with Crippen LogP contribution in [0, 0.1) is 5.92 Å². The Kier molecular flexibility index (Phi) is 3.31. The van der Waals surface area contributed by atoms with Crippen molar-refractivity contribution in [3.05, 3.63) is 24.3 Å². The molecule has 4 aliphatic heterocycles. The predicted molar refractivity (Wildman–Crippen MR) is 84.5 cm³/mol. The van der Waals surface area contributed by atoms with Gasteiger partial charge in [0.2, 0.25) is 0 Å². The molecule has 0 radical (unpaired) electrons. The molecule has 0 aliphatic carbocycles. The summed E-state index contributed by atoms with van der Waals surface area (Å²) in [5, 5.41) is 3.87. The van der Waals surface area contributed by atoms with Crippen molar-refractivity contribution < 1.29 is 0 Å². The molecule has 0 spiro atoms. The maximum absolute atomic E-state index is 3.87. The minimum absolute atomic E-state index is 0.654. The van der Waals surface area contributed by atoms with Gasteiger partial charge < -0.3 is 15.1 Å². The standard InChI is InChI=1S/C17H25N3/c1-2-6-17(20-9-3-4-10-20)15(5-1)18-16-13-19-11-7-14(16)8-12-19/h1-2,5-6,14,16,18H,3-4,7-13H2. The van der Waals surface area contributed by atoms with Crippen molar-refractivity contribution in [2.24, 2.45) is 5.92 Å². The molecule has 3 nitrogen and oxygen atoms in total. The van der Waals surface area contributed by atoms with Gasteiger partial charge in [0.1, 0.15) is 0 Å². The number of nitrogens with one attached hydrogen (secondary N) is 1. The van der Waals surface area contributed by atoms with Crippen molar-refractivity contribution in [1.82, 2.24) is 4.90 Å². The van der Waals surface area contributed by atoms with Gasteiger partial charge in [-0.1, -0.05) is 12.1 Å². The van der Waals surface area contributed by atoms with Crippen LogP contribution in [0.15, 0.2) is 24.3 Å². The fourth-order valence-electron chi connectivity index (χ4n) is 4.16. The van der Waals surface area contributed by atoms with Crippen LogP contribution < -0.4 is 10.2 Å². The SMILES string of the molecule is c1ccc(N2CCCC2)c(NC2CN3CCC2CC3)c1. The zero-order chi connectivity index (χ0) is 13.4. The Balaban J connectivity index is 1.53. The van der Waals surface area contributed by atoms with Crippen LogP contribution in [0.5, 0.6) is 0 Å². The van der Waals surface area contributed by atoms with Crippen LogP contribution in [0.1, 0.15) is 25.7 Å². The van der Waals surface area contributed by atoms with Crippen molar-refractivity contribution in [1.29, 1.82) is 0 Å². The molecule has 5 rings (SSSR count). The maximum atomic E-state index is 3.87. The molecule has 1 aromatic rings. The zero-order valence-corrected chi connectivity index (χ0v) is 12.2. The average Bonchev–Trinajstić information content (AvgIpc) is 3.03. The Hall–Kier alpha value is -1.22. The van der Waals surface area contributed by atoms with Gasteiger partial charge in [-0.25, -0.2) is 0 Å². The second kappa shape index (κ2) is 5.28. The lowest BCUT2D eigenvalue weighted by molar-refractivity contribution is 0.0975. The van der Waals surface area contributed by atoms with E-state index >= 15 is 0 Å². The van der Waals surface area contributed by atoms with Crippen molar-refractivity contribution in [3.63, 3.8) is 0 Å². The molecule has 1 aromatic carbocycles. The van der Waals surface area contributed by atoms with Gasteiger partial charge in [-0.2, -0.15) is 0 Å². The van der Waals surface area contributed by atoms with E-state index in [0.717, 1.165) is 5.92 Å². The summed E-state index contributed by atoms with van der Waals surface area (Å²) in [6, 6.07) is 9.56. The topological polar surface area (TPSA) is 18.5 Å². The number of rotatable bonds is 3. The van der Waals surface area contributed by atoms with Crippen LogP contribution in [0.25, 0.3) is 0 Å². The first-order valence-electron chi connectivity index (χ1n) is 8.23. The van der Waals surface area contributed by atoms with Gasteiger partial charge in [0, 0.05) is 25.7 Å². The summed E-state index contributed by atoms with van der Waals surface area (Å²) in [5.74, 6) is 0.881. The molecule has 3 heteroatoms. The lowest BCUT2D eigenvalue weighted by Gasteiger charge is -2.45. The maximum Gasteiger partial charge on any atom is 0.0602 e. The molecule has 1 unspecified atom stereocenters. The van der Waals surface area contributed by atoms with E-state index in [4.69, 9.17) is 0 Å². The second-order valence-corrected chi connectivity index (χ2v) is 6.60. The molecule has 2 bridgehead atoms. The number of fused-ring (bicyclic) bond motifs is 3. The minimum atomic E-state index is 0.654. The number of anilines is 2.